The molecule has 0 atom stereocenters. The molecule has 0 aliphatic heterocycles. The first-order chi connectivity index (χ1) is 13.8. The van der Waals surface area contributed by atoms with Gasteiger partial charge in [-0.25, -0.2) is 18.5 Å². The molecule has 2 aromatic carbocycles. The monoisotopic (exact) mass is 423 g/mol. The molecule has 0 aliphatic rings. The third kappa shape index (κ3) is 4.03. The number of hydrogen-bond donors (Lipinski definition) is 1. The van der Waals surface area contributed by atoms with Crippen molar-refractivity contribution < 1.29 is 8.42 Å². The lowest BCUT2D eigenvalue weighted by atomic mass is 10.1. The van der Waals surface area contributed by atoms with Gasteiger partial charge in [-0.2, -0.15) is 0 Å². The Kier molecular flexibility index (Phi) is 5.12. The number of primary sulfonamides is 1. The van der Waals surface area contributed by atoms with Gasteiger partial charge < -0.3 is 4.57 Å². The predicted molar refractivity (Wildman–Crippen MR) is 117 cm³/mol. The van der Waals surface area contributed by atoms with E-state index in [1.165, 1.54) is 17.7 Å². The van der Waals surface area contributed by atoms with Crippen LogP contribution in [-0.2, 0) is 16.4 Å². The second-order valence-corrected chi connectivity index (χ2v) is 9.45. The van der Waals surface area contributed by atoms with E-state index in [1.54, 1.807) is 23.5 Å². The van der Waals surface area contributed by atoms with E-state index >= 15 is 0 Å². The molecular formula is C22H21N3O2S2. The maximum absolute atomic E-state index is 11.5. The SMILES string of the molecule is Cc1cc(-c2csc(Cc3ccccc3)n2)c(C)n1-c1ccc(S(N)(=O)=O)cc1. The zero-order valence-corrected chi connectivity index (χ0v) is 17.8. The van der Waals surface area contributed by atoms with Crippen LogP contribution in [0.15, 0.2) is 70.9 Å². The van der Waals surface area contributed by atoms with Crippen molar-refractivity contribution in [1.82, 2.24) is 9.55 Å². The van der Waals surface area contributed by atoms with Gasteiger partial charge in [-0.1, -0.05) is 30.3 Å². The summed E-state index contributed by atoms with van der Waals surface area (Å²) in [6.07, 6.45) is 0.819. The lowest BCUT2D eigenvalue weighted by Gasteiger charge is -2.10. The lowest BCUT2D eigenvalue weighted by Crippen LogP contribution is -2.12. The highest BCUT2D eigenvalue weighted by atomic mass is 32.2. The topological polar surface area (TPSA) is 78.0 Å². The number of thiazole rings is 1. The zero-order valence-electron chi connectivity index (χ0n) is 16.2. The van der Waals surface area contributed by atoms with Crippen molar-refractivity contribution in [3.05, 3.63) is 88.0 Å². The second kappa shape index (κ2) is 7.59. The highest BCUT2D eigenvalue weighted by molar-refractivity contribution is 7.89. The standard InChI is InChI=1S/C22H21N3O2S2/c1-15-12-20(21-14-28-22(24-21)13-17-6-4-3-5-7-17)16(2)25(15)18-8-10-19(11-9-18)29(23,26)27/h3-12,14H,13H2,1-2H3,(H2,23,26,27). The van der Waals surface area contributed by atoms with Crippen LogP contribution in [0.1, 0.15) is 22.0 Å². The van der Waals surface area contributed by atoms with Gasteiger partial charge in [-0.05, 0) is 49.7 Å². The van der Waals surface area contributed by atoms with Crippen LogP contribution in [0.3, 0.4) is 0 Å². The summed E-state index contributed by atoms with van der Waals surface area (Å²) in [6, 6.07) is 19.0. The van der Waals surface area contributed by atoms with Gasteiger partial charge in [0.15, 0.2) is 0 Å². The fraction of sp³-hybridized carbons (Fsp3) is 0.136. The minimum absolute atomic E-state index is 0.106. The highest BCUT2D eigenvalue weighted by Crippen LogP contribution is 2.31. The van der Waals surface area contributed by atoms with Crippen LogP contribution in [0.5, 0.6) is 0 Å². The van der Waals surface area contributed by atoms with Gasteiger partial charge in [0.25, 0.3) is 0 Å². The molecule has 0 aliphatic carbocycles. The van der Waals surface area contributed by atoms with Gasteiger partial charge in [0.2, 0.25) is 10.0 Å². The minimum atomic E-state index is -3.70. The number of benzene rings is 2. The fourth-order valence-corrected chi connectivity index (χ4v) is 4.83. The Hall–Kier alpha value is -2.74. The first-order valence-corrected chi connectivity index (χ1v) is 11.6. The molecule has 7 heteroatoms. The van der Waals surface area contributed by atoms with Gasteiger partial charge >= 0.3 is 0 Å². The van der Waals surface area contributed by atoms with Crippen LogP contribution in [0, 0.1) is 13.8 Å². The zero-order chi connectivity index (χ0) is 20.6. The van der Waals surface area contributed by atoms with E-state index in [9.17, 15) is 8.42 Å². The Labute approximate surface area is 174 Å². The average molecular weight is 424 g/mol. The molecule has 0 fully saturated rings. The van der Waals surface area contributed by atoms with Gasteiger partial charge in [-0.3, -0.25) is 0 Å². The Balaban J connectivity index is 1.66. The Morgan fingerprint density at radius 1 is 1.03 bits per heavy atom. The highest BCUT2D eigenvalue weighted by Gasteiger charge is 2.16. The quantitative estimate of drug-likeness (QED) is 0.515. The van der Waals surface area contributed by atoms with Crippen molar-refractivity contribution in [2.75, 3.05) is 0 Å². The number of rotatable bonds is 5. The first kappa shape index (κ1) is 19.6. The Bertz CT molecular complexity index is 1260. The van der Waals surface area contributed by atoms with E-state index in [0.717, 1.165) is 39.8 Å². The third-order valence-electron chi connectivity index (χ3n) is 4.88. The van der Waals surface area contributed by atoms with Crippen LogP contribution in [0.25, 0.3) is 16.9 Å². The van der Waals surface area contributed by atoms with Crippen molar-refractivity contribution >= 4 is 21.4 Å². The van der Waals surface area contributed by atoms with E-state index in [4.69, 9.17) is 10.1 Å². The molecular weight excluding hydrogens is 402 g/mol. The van der Waals surface area contributed by atoms with E-state index < -0.39 is 10.0 Å². The number of aromatic nitrogens is 2. The molecule has 29 heavy (non-hydrogen) atoms. The van der Waals surface area contributed by atoms with Crippen LogP contribution in [0.4, 0.5) is 0 Å². The molecule has 0 unspecified atom stereocenters. The molecule has 4 rings (SSSR count). The van der Waals surface area contributed by atoms with Crippen LogP contribution >= 0.6 is 11.3 Å². The molecule has 0 saturated carbocycles. The predicted octanol–water partition coefficient (Wildman–Crippen LogP) is 4.46. The maximum Gasteiger partial charge on any atom is 0.238 e. The third-order valence-corrected chi connectivity index (χ3v) is 6.66. The molecule has 2 aromatic heterocycles. The molecule has 0 bridgehead atoms. The summed E-state index contributed by atoms with van der Waals surface area (Å²) in [7, 11) is -3.70. The normalized spacial score (nSPS) is 11.7. The fourth-order valence-electron chi connectivity index (χ4n) is 3.49. The summed E-state index contributed by atoms with van der Waals surface area (Å²) >= 11 is 1.66. The average Bonchev–Trinajstić information content (AvgIpc) is 3.26. The molecule has 0 amide bonds. The summed E-state index contributed by atoms with van der Waals surface area (Å²) in [5.74, 6) is 0. The smallest absolute Gasteiger partial charge is 0.238 e. The van der Waals surface area contributed by atoms with E-state index in [2.05, 4.69) is 28.1 Å². The Morgan fingerprint density at radius 2 is 1.72 bits per heavy atom. The summed E-state index contributed by atoms with van der Waals surface area (Å²) in [5.41, 5.74) is 6.28. The van der Waals surface area contributed by atoms with E-state index in [0.29, 0.717) is 0 Å². The summed E-state index contributed by atoms with van der Waals surface area (Å²) in [5, 5.41) is 8.37. The van der Waals surface area contributed by atoms with Gasteiger partial charge in [0.05, 0.1) is 15.6 Å². The van der Waals surface area contributed by atoms with Gasteiger partial charge in [0.1, 0.15) is 0 Å². The van der Waals surface area contributed by atoms with Crippen LogP contribution in [0.2, 0.25) is 0 Å². The minimum Gasteiger partial charge on any atom is -0.318 e. The van der Waals surface area contributed by atoms with E-state index in [1.807, 2.05) is 32.0 Å². The molecule has 2 heterocycles. The van der Waals surface area contributed by atoms with Crippen LogP contribution in [-0.4, -0.2) is 18.0 Å². The second-order valence-electron chi connectivity index (χ2n) is 6.95. The molecule has 0 saturated heterocycles. The van der Waals surface area contributed by atoms with Gasteiger partial charge in [0, 0.05) is 34.4 Å². The van der Waals surface area contributed by atoms with Crippen molar-refractivity contribution in [2.24, 2.45) is 5.14 Å². The summed E-state index contributed by atoms with van der Waals surface area (Å²) in [6.45, 7) is 4.08. The first-order valence-electron chi connectivity index (χ1n) is 9.14. The number of hydrogen-bond acceptors (Lipinski definition) is 4. The van der Waals surface area contributed by atoms with Crippen molar-refractivity contribution in [2.45, 2.75) is 25.2 Å². The number of sulfonamides is 1. The van der Waals surface area contributed by atoms with Crippen molar-refractivity contribution in [3.8, 4) is 16.9 Å². The maximum atomic E-state index is 11.5. The molecule has 4 aromatic rings. The molecule has 0 spiro atoms. The van der Waals surface area contributed by atoms with Gasteiger partial charge in [-0.15, -0.1) is 11.3 Å². The molecule has 0 radical (unpaired) electrons. The molecule has 2 N–H and O–H groups in total. The largest absolute Gasteiger partial charge is 0.318 e. The van der Waals surface area contributed by atoms with E-state index in [-0.39, 0.29) is 4.90 Å². The summed E-state index contributed by atoms with van der Waals surface area (Å²) in [4.78, 5) is 4.95. The van der Waals surface area contributed by atoms with Crippen LogP contribution < -0.4 is 5.14 Å². The molecule has 5 nitrogen and oxygen atoms in total. The lowest BCUT2D eigenvalue weighted by molar-refractivity contribution is 0.598. The number of nitrogens with two attached hydrogens (primary N) is 1. The summed E-state index contributed by atoms with van der Waals surface area (Å²) < 4.78 is 25.1. The Morgan fingerprint density at radius 3 is 2.38 bits per heavy atom. The number of nitrogens with zero attached hydrogens (tertiary/aromatic N) is 2. The van der Waals surface area contributed by atoms with Crippen molar-refractivity contribution in [1.29, 1.82) is 0 Å². The number of aryl methyl sites for hydroxylation is 1. The van der Waals surface area contributed by atoms with Crippen molar-refractivity contribution in [3.63, 3.8) is 0 Å². The molecule has 148 valence electrons.